The maximum Gasteiger partial charge on any atom is 0.116 e. The van der Waals surface area contributed by atoms with Crippen molar-refractivity contribution in [2.24, 2.45) is 0 Å². The smallest absolute Gasteiger partial charge is 0.116 e. The Morgan fingerprint density at radius 3 is 2.88 bits per heavy atom. The molecule has 0 aliphatic rings. The van der Waals surface area contributed by atoms with Crippen molar-refractivity contribution in [3.8, 4) is 6.07 Å². The van der Waals surface area contributed by atoms with E-state index in [-0.39, 0.29) is 6.04 Å². The minimum atomic E-state index is -0.524. The van der Waals surface area contributed by atoms with Gasteiger partial charge < -0.3 is 0 Å². The molecule has 16 heavy (non-hydrogen) atoms. The van der Waals surface area contributed by atoms with Gasteiger partial charge in [-0.05, 0) is 26.8 Å². The number of rotatable bonds is 5. The van der Waals surface area contributed by atoms with Crippen LogP contribution >= 0.6 is 11.8 Å². The normalized spacial score (nSPS) is 14.4. The Kier molecular flexibility index (Phi) is 4.71. The number of hydrogen-bond donors (Lipinski definition) is 1. The fourth-order valence-corrected chi connectivity index (χ4v) is 2.19. The van der Waals surface area contributed by atoms with Crippen LogP contribution in [0.5, 0.6) is 0 Å². The van der Waals surface area contributed by atoms with Gasteiger partial charge in [-0.1, -0.05) is 0 Å². The highest BCUT2D eigenvalue weighted by atomic mass is 32.2. The summed E-state index contributed by atoms with van der Waals surface area (Å²) in [6.45, 7) is 5.97. The van der Waals surface area contributed by atoms with Gasteiger partial charge in [-0.3, -0.25) is 5.32 Å². The third-order valence-corrected chi connectivity index (χ3v) is 3.18. The summed E-state index contributed by atoms with van der Waals surface area (Å²) in [7, 11) is 0. The number of nitriles is 1. The molecule has 1 rings (SSSR count). The maximum absolute atomic E-state index is 9.15. The molecule has 1 N–H and O–H groups in total. The van der Waals surface area contributed by atoms with Crippen LogP contribution in [0.25, 0.3) is 0 Å². The van der Waals surface area contributed by atoms with Gasteiger partial charge in [0.1, 0.15) is 11.9 Å². The lowest BCUT2D eigenvalue weighted by Gasteiger charge is -2.25. The second-order valence-corrected chi connectivity index (χ2v) is 5.07. The van der Waals surface area contributed by atoms with Crippen molar-refractivity contribution >= 4 is 11.8 Å². The maximum atomic E-state index is 9.15. The van der Waals surface area contributed by atoms with E-state index in [1.165, 1.54) is 6.33 Å². The molecule has 0 aliphatic carbocycles. The van der Waals surface area contributed by atoms with Crippen molar-refractivity contribution in [1.29, 1.82) is 5.26 Å². The zero-order valence-electron chi connectivity index (χ0n) is 9.77. The first-order valence-electron chi connectivity index (χ1n) is 5.13. The van der Waals surface area contributed by atoms with Gasteiger partial charge >= 0.3 is 0 Å². The SMILES string of the molecule is CC(C)NC(C)(C#N)CSc1ccncn1. The fraction of sp³-hybridized carbons (Fsp3) is 0.545. The topological polar surface area (TPSA) is 61.6 Å². The van der Waals surface area contributed by atoms with Gasteiger partial charge in [0.15, 0.2) is 0 Å². The monoisotopic (exact) mass is 236 g/mol. The van der Waals surface area contributed by atoms with Crippen LogP contribution in [-0.2, 0) is 0 Å². The highest BCUT2D eigenvalue weighted by molar-refractivity contribution is 7.99. The lowest BCUT2D eigenvalue weighted by atomic mass is 10.1. The Balaban J connectivity index is 2.56. The largest absolute Gasteiger partial charge is 0.297 e. The van der Waals surface area contributed by atoms with Crippen LogP contribution in [0.1, 0.15) is 20.8 Å². The summed E-state index contributed by atoms with van der Waals surface area (Å²) in [5, 5.41) is 13.3. The number of thioether (sulfide) groups is 1. The van der Waals surface area contributed by atoms with E-state index in [0.717, 1.165) is 5.03 Å². The van der Waals surface area contributed by atoms with E-state index < -0.39 is 5.54 Å². The number of aromatic nitrogens is 2. The van der Waals surface area contributed by atoms with Crippen molar-refractivity contribution in [1.82, 2.24) is 15.3 Å². The van der Waals surface area contributed by atoms with E-state index in [1.807, 2.05) is 26.8 Å². The second-order valence-electron chi connectivity index (χ2n) is 4.08. The zero-order valence-corrected chi connectivity index (χ0v) is 10.6. The Morgan fingerprint density at radius 1 is 1.62 bits per heavy atom. The third kappa shape index (κ3) is 4.17. The summed E-state index contributed by atoms with van der Waals surface area (Å²) in [6.07, 6.45) is 3.22. The molecule has 0 spiro atoms. The summed E-state index contributed by atoms with van der Waals surface area (Å²) in [5.74, 6) is 0.665. The lowest BCUT2D eigenvalue weighted by Crippen LogP contribution is -2.47. The quantitative estimate of drug-likeness (QED) is 0.624. The molecule has 0 aliphatic heterocycles. The van der Waals surface area contributed by atoms with E-state index in [1.54, 1.807) is 18.0 Å². The highest BCUT2D eigenvalue weighted by Crippen LogP contribution is 2.20. The van der Waals surface area contributed by atoms with Gasteiger partial charge in [-0.2, -0.15) is 5.26 Å². The predicted octanol–water partition coefficient (Wildman–Crippen LogP) is 1.85. The molecule has 0 fully saturated rings. The Labute approximate surface area is 100 Å². The average Bonchev–Trinajstić information content (AvgIpc) is 2.27. The standard InChI is InChI=1S/C11H16N4S/c1-9(2)15-11(3,6-12)7-16-10-4-5-13-8-14-10/h4-5,8-9,15H,7H2,1-3H3. The molecule has 0 aromatic carbocycles. The summed E-state index contributed by atoms with van der Waals surface area (Å²) in [5.41, 5.74) is -0.524. The third-order valence-electron chi connectivity index (χ3n) is 1.92. The van der Waals surface area contributed by atoms with E-state index in [9.17, 15) is 0 Å². The van der Waals surface area contributed by atoms with Crippen molar-refractivity contribution in [3.63, 3.8) is 0 Å². The van der Waals surface area contributed by atoms with Gasteiger partial charge in [0.2, 0.25) is 0 Å². The predicted molar refractivity (Wildman–Crippen MR) is 65.0 cm³/mol. The molecule has 1 aromatic rings. The summed E-state index contributed by atoms with van der Waals surface area (Å²) < 4.78 is 0. The fourth-order valence-electron chi connectivity index (χ4n) is 1.33. The van der Waals surface area contributed by atoms with Gasteiger partial charge in [0.25, 0.3) is 0 Å². The Bertz CT molecular complexity index is 360. The van der Waals surface area contributed by atoms with Crippen molar-refractivity contribution in [3.05, 3.63) is 18.6 Å². The van der Waals surface area contributed by atoms with Crippen LogP contribution in [0.2, 0.25) is 0 Å². The summed E-state index contributed by atoms with van der Waals surface area (Å²) in [4.78, 5) is 7.96. The van der Waals surface area contributed by atoms with E-state index in [4.69, 9.17) is 5.26 Å². The molecule has 86 valence electrons. The molecule has 0 saturated carbocycles. The first-order chi connectivity index (χ1) is 7.56. The number of hydrogen-bond acceptors (Lipinski definition) is 5. The zero-order chi connectivity index (χ0) is 12.0. The van der Waals surface area contributed by atoms with Gasteiger partial charge in [0.05, 0.1) is 11.1 Å². The molecular formula is C11H16N4S. The molecular weight excluding hydrogens is 220 g/mol. The highest BCUT2D eigenvalue weighted by Gasteiger charge is 2.24. The van der Waals surface area contributed by atoms with E-state index in [2.05, 4.69) is 21.4 Å². The number of nitrogens with zero attached hydrogens (tertiary/aromatic N) is 3. The van der Waals surface area contributed by atoms with Crippen molar-refractivity contribution in [2.75, 3.05) is 5.75 Å². The lowest BCUT2D eigenvalue weighted by molar-refractivity contribution is 0.443. The molecule has 0 saturated heterocycles. The first-order valence-corrected chi connectivity index (χ1v) is 6.12. The van der Waals surface area contributed by atoms with Gasteiger partial charge in [-0.15, -0.1) is 11.8 Å². The van der Waals surface area contributed by atoms with Gasteiger partial charge in [0, 0.05) is 18.0 Å². The molecule has 4 nitrogen and oxygen atoms in total. The molecule has 1 aromatic heterocycles. The van der Waals surface area contributed by atoms with Crippen LogP contribution in [0.3, 0.4) is 0 Å². The average molecular weight is 236 g/mol. The van der Waals surface area contributed by atoms with Crippen LogP contribution in [0.15, 0.2) is 23.6 Å². The van der Waals surface area contributed by atoms with Crippen LogP contribution in [0.4, 0.5) is 0 Å². The van der Waals surface area contributed by atoms with E-state index in [0.29, 0.717) is 5.75 Å². The van der Waals surface area contributed by atoms with Gasteiger partial charge in [-0.25, -0.2) is 9.97 Å². The molecule has 1 heterocycles. The first kappa shape index (κ1) is 12.9. The molecule has 0 radical (unpaired) electrons. The van der Waals surface area contributed by atoms with E-state index >= 15 is 0 Å². The number of nitrogens with one attached hydrogen (secondary N) is 1. The van der Waals surface area contributed by atoms with Crippen LogP contribution in [-0.4, -0.2) is 27.3 Å². The van der Waals surface area contributed by atoms with Crippen molar-refractivity contribution < 1.29 is 0 Å². The Morgan fingerprint density at radius 2 is 2.38 bits per heavy atom. The minimum Gasteiger partial charge on any atom is -0.297 e. The Hall–Kier alpha value is -1.12. The molecule has 5 heteroatoms. The van der Waals surface area contributed by atoms with Crippen molar-refractivity contribution in [2.45, 2.75) is 37.4 Å². The summed E-state index contributed by atoms with van der Waals surface area (Å²) in [6, 6.07) is 4.44. The van der Waals surface area contributed by atoms with Crippen LogP contribution in [0, 0.1) is 11.3 Å². The molecule has 0 bridgehead atoms. The van der Waals surface area contributed by atoms with Crippen LogP contribution < -0.4 is 5.32 Å². The molecule has 1 unspecified atom stereocenters. The molecule has 0 amide bonds. The summed E-state index contributed by atoms with van der Waals surface area (Å²) >= 11 is 1.56. The minimum absolute atomic E-state index is 0.288. The molecule has 1 atom stereocenters. The second kappa shape index (κ2) is 5.83.